The molecule has 18 heavy (non-hydrogen) atoms. The zero-order chi connectivity index (χ0) is 12.8. The van der Waals surface area contributed by atoms with Gasteiger partial charge in [-0.25, -0.2) is 4.39 Å². The summed E-state index contributed by atoms with van der Waals surface area (Å²) < 4.78 is 13.4. The first-order chi connectivity index (χ1) is 8.75. The molecule has 98 valence electrons. The van der Waals surface area contributed by atoms with Gasteiger partial charge in [0.05, 0.1) is 0 Å². The molecule has 1 aliphatic carbocycles. The van der Waals surface area contributed by atoms with Gasteiger partial charge in [0.1, 0.15) is 11.6 Å². The van der Waals surface area contributed by atoms with Crippen molar-refractivity contribution < 1.29 is 9.18 Å². The van der Waals surface area contributed by atoms with E-state index in [9.17, 15) is 9.18 Å². The SMILES string of the molecule is O=C(Cc1ccccc1F)CC1CCCCCC1. The second-order valence-corrected chi connectivity index (χ2v) is 5.37. The number of halogens is 1. The summed E-state index contributed by atoms with van der Waals surface area (Å²) in [5.74, 6) is 0.463. The molecule has 0 unspecified atom stereocenters. The molecular weight excluding hydrogens is 227 g/mol. The van der Waals surface area contributed by atoms with Crippen LogP contribution in [0.2, 0.25) is 0 Å². The third-order valence-electron chi connectivity index (χ3n) is 3.84. The lowest BCUT2D eigenvalue weighted by atomic mass is 9.92. The van der Waals surface area contributed by atoms with Crippen molar-refractivity contribution >= 4 is 5.78 Å². The lowest BCUT2D eigenvalue weighted by Gasteiger charge is -2.12. The average Bonchev–Trinajstić information content (AvgIpc) is 2.61. The monoisotopic (exact) mass is 248 g/mol. The minimum Gasteiger partial charge on any atom is -0.299 e. The predicted octanol–water partition coefficient (Wildman–Crippen LogP) is 4.30. The van der Waals surface area contributed by atoms with Gasteiger partial charge in [-0.15, -0.1) is 0 Å². The second kappa shape index (κ2) is 6.67. The molecule has 0 atom stereocenters. The van der Waals surface area contributed by atoms with Crippen LogP contribution in [0.4, 0.5) is 4.39 Å². The molecule has 2 rings (SSSR count). The molecule has 0 aromatic heterocycles. The molecule has 1 aliphatic rings. The number of carbonyl (C=O) groups is 1. The number of carbonyl (C=O) groups excluding carboxylic acids is 1. The van der Waals surface area contributed by atoms with Crippen LogP contribution in [0.3, 0.4) is 0 Å². The van der Waals surface area contributed by atoms with Crippen molar-refractivity contribution in [2.24, 2.45) is 5.92 Å². The van der Waals surface area contributed by atoms with Crippen molar-refractivity contribution in [3.8, 4) is 0 Å². The molecule has 2 heteroatoms. The van der Waals surface area contributed by atoms with Crippen LogP contribution in [0.1, 0.15) is 50.5 Å². The maximum atomic E-state index is 13.4. The first kappa shape index (κ1) is 13.3. The molecule has 0 saturated heterocycles. The summed E-state index contributed by atoms with van der Waals surface area (Å²) >= 11 is 0. The number of hydrogen-bond donors (Lipinski definition) is 0. The number of hydrogen-bond acceptors (Lipinski definition) is 1. The number of benzene rings is 1. The molecule has 1 nitrogen and oxygen atoms in total. The Labute approximate surface area is 108 Å². The van der Waals surface area contributed by atoms with Gasteiger partial charge in [0.2, 0.25) is 0 Å². The summed E-state index contributed by atoms with van der Waals surface area (Å²) in [6, 6.07) is 6.58. The minimum absolute atomic E-state index is 0.187. The van der Waals surface area contributed by atoms with Crippen LogP contribution in [0.15, 0.2) is 24.3 Å². The predicted molar refractivity (Wildman–Crippen MR) is 70.9 cm³/mol. The van der Waals surface area contributed by atoms with Crippen LogP contribution in [0.25, 0.3) is 0 Å². The summed E-state index contributed by atoms with van der Waals surface area (Å²) in [4.78, 5) is 12.0. The van der Waals surface area contributed by atoms with Crippen molar-refractivity contribution in [2.45, 2.75) is 51.4 Å². The Kier molecular flexibility index (Phi) is 4.91. The molecule has 0 heterocycles. The molecule has 0 spiro atoms. The van der Waals surface area contributed by atoms with Gasteiger partial charge in [-0.2, -0.15) is 0 Å². The largest absolute Gasteiger partial charge is 0.299 e. The Morgan fingerprint density at radius 2 is 1.78 bits per heavy atom. The zero-order valence-electron chi connectivity index (χ0n) is 10.8. The molecule has 0 aliphatic heterocycles. The Bertz CT molecular complexity index is 392. The average molecular weight is 248 g/mol. The standard InChI is InChI=1S/C16H21FO/c17-16-10-6-5-9-14(16)12-15(18)11-13-7-3-1-2-4-8-13/h5-6,9-10,13H,1-4,7-8,11-12H2. The Balaban J connectivity index is 1.86. The first-order valence-corrected chi connectivity index (χ1v) is 7.01. The van der Waals surface area contributed by atoms with E-state index in [-0.39, 0.29) is 18.0 Å². The second-order valence-electron chi connectivity index (χ2n) is 5.37. The van der Waals surface area contributed by atoms with Crippen LogP contribution in [0, 0.1) is 11.7 Å². The molecule has 0 bridgehead atoms. The van der Waals surface area contributed by atoms with E-state index >= 15 is 0 Å². The highest BCUT2D eigenvalue weighted by Gasteiger charge is 2.17. The summed E-state index contributed by atoms with van der Waals surface area (Å²) in [5.41, 5.74) is 0.538. The van der Waals surface area contributed by atoms with Gasteiger partial charge in [0, 0.05) is 12.8 Å². The van der Waals surface area contributed by atoms with Crippen LogP contribution in [0.5, 0.6) is 0 Å². The van der Waals surface area contributed by atoms with E-state index in [1.165, 1.54) is 44.6 Å². The van der Waals surface area contributed by atoms with Gasteiger partial charge in [0.25, 0.3) is 0 Å². The molecule has 1 aromatic carbocycles. The summed E-state index contributed by atoms with van der Waals surface area (Å²) in [6.45, 7) is 0. The normalized spacial score (nSPS) is 17.4. The fraction of sp³-hybridized carbons (Fsp3) is 0.562. The number of rotatable bonds is 4. The first-order valence-electron chi connectivity index (χ1n) is 7.01. The number of Topliss-reactive ketones (excluding diaryl/α,β-unsaturated/α-hetero) is 1. The third kappa shape index (κ3) is 3.94. The highest BCUT2D eigenvalue weighted by molar-refractivity contribution is 5.81. The van der Waals surface area contributed by atoms with E-state index in [4.69, 9.17) is 0 Å². The van der Waals surface area contributed by atoms with Crippen molar-refractivity contribution in [3.63, 3.8) is 0 Å². The van der Waals surface area contributed by atoms with Crippen LogP contribution in [-0.4, -0.2) is 5.78 Å². The molecule has 0 radical (unpaired) electrons. The summed E-state index contributed by atoms with van der Waals surface area (Å²) in [7, 11) is 0. The maximum absolute atomic E-state index is 13.4. The van der Waals surface area contributed by atoms with E-state index in [2.05, 4.69) is 0 Å². The zero-order valence-corrected chi connectivity index (χ0v) is 10.8. The third-order valence-corrected chi connectivity index (χ3v) is 3.84. The maximum Gasteiger partial charge on any atom is 0.137 e. The fourth-order valence-corrected chi connectivity index (χ4v) is 2.82. The number of ketones is 1. The van der Waals surface area contributed by atoms with Gasteiger partial charge < -0.3 is 0 Å². The van der Waals surface area contributed by atoms with Gasteiger partial charge >= 0.3 is 0 Å². The minimum atomic E-state index is -0.258. The molecule has 1 saturated carbocycles. The Morgan fingerprint density at radius 1 is 1.11 bits per heavy atom. The van der Waals surface area contributed by atoms with Crippen LogP contribution < -0.4 is 0 Å². The molecule has 0 N–H and O–H groups in total. The highest BCUT2D eigenvalue weighted by Crippen LogP contribution is 2.26. The van der Waals surface area contributed by atoms with E-state index < -0.39 is 0 Å². The van der Waals surface area contributed by atoms with Gasteiger partial charge in [-0.05, 0) is 17.5 Å². The van der Waals surface area contributed by atoms with E-state index in [0.29, 0.717) is 17.9 Å². The summed E-state index contributed by atoms with van der Waals surface area (Å²) in [6.07, 6.45) is 8.33. The topological polar surface area (TPSA) is 17.1 Å². The molecule has 0 amide bonds. The van der Waals surface area contributed by atoms with Crippen molar-refractivity contribution in [1.29, 1.82) is 0 Å². The van der Waals surface area contributed by atoms with E-state index in [0.717, 1.165) is 0 Å². The molecular formula is C16H21FO. The summed E-state index contributed by atoms with van der Waals surface area (Å²) in [5, 5.41) is 0. The van der Waals surface area contributed by atoms with Gasteiger partial charge in [-0.1, -0.05) is 56.7 Å². The van der Waals surface area contributed by atoms with Crippen molar-refractivity contribution in [3.05, 3.63) is 35.6 Å². The smallest absolute Gasteiger partial charge is 0.137 e. The van der Waals surface area contributed by atoms with Crippen molar-refractivity contribution in [2.75, 3.05) is 0 Å². The van der Waals surface area contributed by atoms with Crippen LogP contribution >= 0.6 is 0 Å². The van der Waals surface area contributed by atoms with Crippen molar-refractivity contribution in [1.82, 2.24) is 0 Å². The Hall–Kier alpha value is -1.18. The lowest BCUT2D eigenvalue weighted by Crippen LogP contribution is -2.11. The van der Waals surface area contributed by atoms with Gasteiger partial charge in [0.15, 0.2) is 0 Å². The molecule has 1 fully saturated rings. The van der Waals surface area contributed by atoms with Crippen LogP contribution in [-0.2, 0) is 11.2 Å². The van der Waals surface area contributed by atoms with Gasteiger partial charge in [-0.3, -0.25) is 4.79 Å². The Morgan fingerprint density at radius 3 is 2.44 bits per heavy atom. The lowest BCUT2D eigenvalue weighted by molar-refractivity contribution is -0.119. The fourth-order valence-electron chi connectivity index (χ4n) is 2.82. The highest BCUT2D eigenvalue weighted by atomic mass is 19.1. The van der Waals surface area contributed by atoms with E-state index in [1.807, 2.05) is 0 Å². The molecule has 1 aromatic rings. The quantitative estimate of drug-likeness (QED) is 0.726. The van der Waals surface area contributed by atoms with E-state index in [1.54, 1.807) is 18.2 Å².